The van der Waals surface area contributed by atoms with Crippen LogP contribution in [0.1, 0.15) is 40.6 Å². The molecule has 0 bridgehead atoms. The molecule has 0 spiro atoms. The average molecular weight is 455 g/mol. The van der Waals surface area contributed by atoms with Crippen molar-refractivity contribution in [3.05, 3.63) is 64.8 Å². The number of fused-ring (bicyclic) bond motifs is 1. The third-order valence-corrected chi connectivity index (χ3v) is 9.72. The van der Waals surface area contributed by atoms with Crippen molar-refractivity contribution in [1.29, 1.82) is 0 Å². The fraction of sp³-hybridized carbons (Fsp3) is 0.364. The van der Waals surface area contributed by atoms with Crippen LogP contribution >= 0.6 is 11.3 Å². The highest BCUT2D eigenvalue weighted by Gasteiger charge is 2.55. The van der Waals surface area contributed by atoms with Gasteiger partial charge in [-0.25, -0.2) is 4.68 Å². The number of carbonyl (C=O) groups excluding carboxylic acids is 1. The first-order chi connectivity index (χ1) is 15.0. The summed E-state index contributed by atoms with van der Waals surface area (Å²) in [6.07, 6.45) is 2.18. The lowest BCUT2D eigenvalue weighted by Gasteiger charge is -2.45. The van der Waals surface area contributed by atoms with E-state index in [0.29, 0.717) is 28.9 Å². The van der Waals surface area contributed by atoms with Gasteiger partial charge in [-0.3, -0.25) is 4.79 Å². The highest BCUT2D eigenvalue weighted by atomic mass is 32.3. The number of carbonyl (C=O) groups is 1. The maximum Gasteiger partial charge on any atom is 0.273 e. The van der Waals surface area contributed by atoms with E-state index in [2.05, 4.69) is 0 Å². The Balaban J connectivity index is 1.33. The zero-order valence-corrected chi connectivity index (χ0v) is 18.6. The molecule has 7 nitrogen and oxygen atoms in total. The second-order valence-electron chi connectivity index (χ2n) is 8.50. The monoisotopic (exact) mass is 454 g/mol. The summed E-state index contributed by atoms with van der Waals surface area (Å²) in [6.45, 7) is 2.66. The van der Waals surface area contributed by atoms with Gasteiger partial charge < -0.3 is 9.45 Å². The second-order valence-corrected chi connectivity index (χ2v) is 11.6. The minimum Gasteiger partial charge on any atom is -0.592 e. The molecule has 2 unspecified atom stereocenters. The summed E-state index contributed by atoms with van der Waals surface area (Å²) in [7, 11) is -3.48. The fourth-order valence-electron chi connectivity index (χ4n) is 4.84. The van der Waals surface area contributed by atoms with Crippen LogP contribution in [0.25, 0.3) is 5.69 Å². The number of rotatable bonds is 5. The molecule has 2 aliphatic heterocycles. The third-order valence-electron chi connectivity index (χ3n) is 6.52. The zero-order chi connectivity index (χ0) is 21.3. The van der Waals surface area contributed by atoms with Crippen molar-refractivity contribution in [2.45, 2.75) is 36.1 Å². The van der Waals surface area contributed by atoms with E-state index < -0.39 is 10.4 Å². The van der Waals surface area contributed by atoms with Crippen molar-refractivity contribution in [1.82, 2.24) is 19.0 Å². The van der Waals surface area contributed by atoms with Crippen LogP contribution in [0.4, 0.5) is 0 Å². The predicted octanol–water partition coefficient (Wildman–Crippen LogP) is 3.44. The lowest BCUT2D eigenvalue weighted by atomic mass is 10.0. The van der Waals surface area contributed by atoms with Gasteiger partial charge >= 0.3 is 0 Å². The molecule has 0 radical (unpaired) electrons. The SMILES string of the molecule is Cc1nn(-c2ccccc2)c2c1C(C1CC1)N(C1CN([S+](=O)([O-])c3cccs3)C1)C2=O. The molecule has 1 aromatic carbocycles. The summed E-state index contributed by atoms with van der Waals surface area (Å²) in [4.78, 5) is 15.6. The molecule has 1 saturated carbocycles. The summed E-state index contributed by atoms with van der Waals surface area (Å²) in [5, 5.41) is 6.47. The Morgan fingerprint density at radius 1 is 1.13 bits per heavy atom. The van der Waals surface area contributed by atoms with Gasteiger partial charge in [0.05, 0.1) is 36.6 Å². The van der Waals surface area contributed by atoms with E-state index in [0.717, 1.165) is 29.8 Å². The molecular weight excluding hydrogens is 432 g/mol. The maximum atomic E-state index is 13.7. The summed E-state index contributed by atoms with van der Waals surface area (Å²) in [6, 6.07) is 13.0. The van der Waals surface area contributed by atoms with Crippen molar-refractivity contribution >= 4 is 27.6 Å². The normalized spacial score (nSPS) is 23.6. The number of thiophene rings is 1. The van der Waals surface area contributed by atoms with E-state index >= 15 is 0 Å². The summed E-state index contributed by atoms with van der Waals surface area (Å²) >= 11 is 1.23. The first-order valence-electron chi connectivity index (χ1n) is 10.5. The molecule has 160 valence electrons. The van der Waals surface area contributed by atoms with Crippen LogP contribution in [-0.2, 0) is 14.6 Å². The summed E-state index contributed by atoms with van der Waals surface area (Å²) in [5.41, 5.74) is 3.41. The van der Waals surface area contributed by atoms with Crippen LogP contribution in [0.2, 0.25) is 0 Å². The maximum absolute atomic E-state index is 13.7. The third kappa shape index (κ3) is 2.87. The van der Waals surface area contributed by atoms with E-state index in [1.165, 1.54) is 15.6 Å². The molecule has 31 heavy (non-hydrogen) atoms. The van der Waals surface area contributed by atoms with Crippen molar-refractivity contribution in [3.8, 4) is 5.69 Å². The van der Waals surface area contributed by atoms with Crippen LogP contribution in [0.5, 0.6) is 0 Å². The van der Waals surface area contributed by atoms with Crippen LogP contribution in [0, 0.1) is 12.8 Å². The molecule has 2 atom stereocenters. The molecule has 9 heteroatoms. The Morgan fingerprint density at radius 2 is 1.87 bits per heavy atom. The minimum atomic E-state index is -3.48. The van der Waals surface area contributed by atoms with E-state index in [1.807, 2.05) is 42.2 Å². The van der Waals surface area contributed by atoms with Gasteiger partial charge in [0.1, 0.15) is 5.69 Å². The number of para-hydroxylation sites is 1. The van der Waals surface area contributed by atoms with E-state index in [1.54, 1.807) is 22.2 Å². The van der Waals surface area contributed by atoms with Crippen molar-refractivity contribution < 1.29 is 13.6 Å². The molecule has 2 fully saturated rings. The number of benzene rings is 1. The van der Waals surface area contributed by atoms with Gasteiger partial charge in [0.25, 0.3) is 5.91 Å². The minimum absolute atomic E-state index is 0.00319. The predicted molar refractivity (Wildman–Crippen MR) is 117 cm³/mol. The van der Waals surface area contributed by atoms with Crippen LogP contribution in [-0.4, -0.2) is 48.6 Å². The number of hydrogen-bond donors (Lipinski definition) is 0. The average Bonchev–Trinajstić information content (AvgIpc) is 3.16. The molecule has 1 amide bonds. The van der Waals surface area contributed by atoms with Crippen LogP contribution < -0.4 is 0 Å². The smallest absolute Gasteiger partial charge is 0.273 e. The van der Waals surface area contributed by atoms with Crippen molar-refractivity contribution in [2.24, 2.45) is 5.92 Å². The van der Waals surface area contributed by atoms with Gasteiger partial charge in [0, 0.05) is 11.6 Å². The Kier molecular flexibility index (Phi) is 4.27. The van der Waals surface area contributed by atoms with Gasteiger partial charge in [0.2, 0.25) is 4.21 Å². The van der Waals surface area contributed by atoms with Crippen molar-refractivity contribution in [3.63, 3.8) is 0 Å². The molecule has 3 aliphatic rings. The molecule has 2 aromatic heterocycles. The molecule has 6 rings (SSSR count). The number of sulfonamides is 1. The topological polar surface area (TPSA) is 81.5 Å². The number of amides is 1. The summed E-state index contributed by atoms with van der Waals surface area (Å²) in [5.74, 6) is 0.398. The highest BCUT2D eigenvalue weighted by molar-refractivity contribution is 7.97. The van der Waals surface area contributed by atoms with Crippen molar-refractivity contribution in [2.75, 3.05) is 13.1 Å². The molecule has 0 N–H and O–H groups in total. The van der Waals surface area contributed by atoms with Crippen LogP contribution in [0.3, 0.4) is 0 Å². The number of nitrogens with zero attached hydrogens (tertiary/aromatic N) is 4. The number of aryl methyl sites for hydroxylation is 1. The van der Waals surface area contributed by atoms with Gasteiger partial charge in [-0.1, -0.05) is 33.7 Å². The number of hydrogen-bond acceptors (Lipinski definition) is 5. The Bertz CT molecular complexity index is 1200. The Hall–Kier alpha value is -2.33. The van der Waals surface area contributed by atoms with Crippen LogP contribution in [0.15, 0.2) is 52.1 Å². The second kappa shape index (κ2) is 6.83. The molecule has 4 heterocycles. The zero-order valence-electron chi connectivity index (χ0n) is 17.0. The first kappa shape index (κ1) is 19.4. The quantitative estimate of drug-likeness (QED) is 0.553. The molecule has 3 aromatic rings. The van der Waals surface area contributed by atoms with E-state index in [-0.39, 0.29) is 18.0 Å². The first-order valence-corrected chi connectivity index (χ1v) is 12.8. The molecular formula is C22H22N4O3S2. The summed E-state index contributed by atoms with van der Waals surface area (Å²) < 4.78 is 29.3. The van der Waals surface area contributed by atoms with E-state index in [4.69, 9.17) is 5.10 Å². The standard InChI is InChI=1S/C22H22N4O3S2/c1-14-19-20(15-9-10-15)25(17-12-24(13-17)31(28,29)18-8-5-11-30-18)22(27)21(19)26(23-14)16-6-3-2-4-7-16/h2-8,11,15,17,20H,9-10,12-13H2,1H3. The molecule has 1 saturated heterocycles. The van der Waals surface area contributed by atoms with Gasteiger partial charge in [-0.05, 0) is 49.3 Å². The van der Waals surface area contributed by atoms with Gasteiger partial charge in [-0.2, -0.15) is 5.10 Å². The highest BCUT2D eigenvalue weighted by Crippen LogP contribution is 2.52. The number of aromatic nitrogens is 2. The largest absolute Gasteiger partial charge is 0.592 e. The lowest BCUT2D eigenvalue weighted by molar-refractivity contribution is 0.0337. The Labute approximate surface area is 185 Å². The van der Waals surface area contributed by atoms with Gasteiger partial charge in [-0.15, -0.1) is 4.31 Å². The van der Waals surface area contributed by atoms with Gasteiger partial charge in [0.15, 0.2) is 10.4 Å². The van der Waals surface area contributed by atoms with E-state index in [9.17, 15) is 13.6 Å². The Morgan fingerprint density at radius 3 is 2.52 bits per heavy atom. The molecule has 1 aliphatic carbocycles. The fourth-order valence-corrected chi connectivity index (χ4v) is 7.50. The lowest BCUT2D eigenvalue weighted by Crippen LogP contribution is -2.63.